The summed E-state index contributed by atoms with van der Waals surface area (Å²) < 4.78 is 0. The molecular weight excluding hydrogens is 360 g/mol. The fourth-order valence-corrected chi connectivity index (χ4v) is 3.22. The van der Waals surface area contributed by atoms with Crippen LogP contribution in [0.3, 0.4) is 0 Å². The van der Waals surface area contributed by atoms with Crippen molar-refractivity contribution in [2.45, 2.75) is 10.9 Å². The van der Waals surface area contributed by atoms with Crippen LogP contribution in [-0.2, 0) is 10.5 Å². The lowest BCUT2D eigenvalue weighted by atomic mass is 10.1. The zero-order valence-electron chi connectivity index (χ0n) is 14.5. The number of thioether (sulfide) groups is 1. The number of hydrogen-bond donors (Lipinski definition) is 3. The van der Waals surface area contributed by atoms with Gasteiger partial charge in [0.25, 0.3) is 5.91 Å². The van der Waals surface area contributed by atoms with E-state index in [0.717, 1.165) is 27.5 Å². The van der Waals surface area contributed by atoms with Crippen LogP contribution in [0.25, 0.3) is 11.0 Å². The standard InChI is InChI=1S/C20H18N4O2S/c1-2-11-21-18(25)12-22-19(26)15-9-7-14(8-10-15)13-27-20-23-16-5-3-4-6-17(16)24-20/h1,3-10H,11-13H2,(H,21,25)(H,22,26)(H,23,24). The lowest BCUT2D eigenvalue weighted by Gasteiger charge is -2.06. The van der Waals surface area contributed by atoms with E-state index >= 15 is 0 Å². The maximum atomic E-state index is 12.1. The summed E-state index contributed by atoms with van der Waals surface area (Å²) in [5.74, 6) is 2.41. The number of carbonyl (C=O) groups is 2. The molecule has 1 heterocycles. The lowest BCUT2D eigenvalue weighted by Crippen LogP contribution is -2.37. The Balaban J connectivity index is 1.51. The van der Waals surface area contributed by atoms with Gasteiger partial charge in [-0.05, 0) is 29.8 Å². The second-order valence-electron chi connectivity index (χ2n) is 5.71. The Hall–Kier alpha value is -3.24. The zero-order valence-corrected chi connectivity index (χ0v) is 15.3. The van der Waals surface area contributed by atoms with Crippen molar-refractivity contribution in [2.24, 2.45) is 0 Å². The van der Waals surface area contributed by atoms with E-state index in [1.807, 2.05) is 36.4 Å². The van der Waals surface area contributed by atoms with Crippen molar-refractivity contribution in [3.8, 4) is 12.3 Å². The van der Waals surface area contributed by atoms with Crippen molar-refractivity contribution in [3.63, 3.8) is 0 Å². The van der Waals surface area contributed by atoms with Crippen LogP contribution in [0.15, 0.2) is 53.7 Å². The molecule has 0 atom stereocenters. The van der Waals surface area contributed by atoms with Crippen LogP contribution in [0.2, 0.25) is 0 Å². The highest BCUT2D eigenvalue weighted by atomic mass is 32.2. The number of carbonyl (C=O) groups excluding carboxylic acids is 2. The molecule has 6 nitrogen and oxygen atoms in total. The van der Waals surface area contributed by atoms with Gasteiger partial charge in [-0.2, -0.15) is 0 Å². The summed E-state index contributed by atoms with van der Waals surface area (Å²) in [6, 6.07) is 15.2. The first-order valence-electron chi connectivity index (χ1n) is 8.30. The van der Waals surface area contributed by atoms with Crippen molar-refractivity contribution in [3.05, 3.63) is 59.7 Å². The first kappa shape index (κ1) is 18.5. The van der Waals surface area contributed by atoms with Crippen molar-refractivity contribution in [1.29, 1.82) is 0 Å². The molecule has 136 valence electrons. The van der Waals surface area contributed by atoms with E-state index in [0.29, 0.717) is 5.56 Å². The molecule has 3 aromatic rings. The number of para-hydroxylation sites is 2. The van der Waals surface area contributed by atoms with Crippen LogP contribution in [0.4, 0.5) is 0 Å². The molecule has 7 heteroatoms. The summed E-state index contributed by atoms with van der Waals surface area (Å²) >= 11 is 1.60. The molecule has 27 heavy (non-hydrogen) atoms. The third kappa shape index (κ3) is 5.12. The van der Waals surface area contributed by atoms with E-state index in [1.54, 1.807) is 23.9 Å². The Morgan fingerprint density at radius 2 is 1.89 bits per heavy atom. The molecule has 0 radical (unpaired) electrons. The monoisotopic (exact) mass is 378 g/mol. The van der Waals surface area contributed by atoms with Crippen LogP contribution in [0.5, 0.6) is 0 Å². The van der Waals surface area contributed by atoms with Crippen molar-refractivity contribution in [2.75, 3.05) is 13.1 Å². The van der Waals surface area contributed by atoms with Crippen LogP contribution >= 0.6 is 11.8 Å². The number of aromatic amines is 1. The van der Waals surface area contributed by atoms with Crippen LogP contribution in [-0.4, -0.2) is 34.9 Å². The lowest BCUT2D eigenvalue weighted by molar-refractivity contribution is -0.119. The summed E-state index contributed by atoms with van der Waals surface area (Å²) in [7, 11) is 0. The third-order valence-corrected chi connectivity index (χ3v) is 4.70. The molecule has 0 aliphatic heterocycles. The highest BCUT2D eigenvalue weighted by Crippen LogP contribution is 2.23. The number of amides is 2. The molecule has 0 fully saturated rings. The average molecular weight is 378 g/mol. The number of fused-ring (bicyclic) bond motifs is 1. The Kier molecular flexibility index (Phi) is 6.13. The van der Waals surface area contributed by atoms with Gasteiger partial charge in [0.05, 0.1) is 24.1 Å². The van der Waals surface area contributed by atoms with Crippen molar-refractivity contribution < 1.29 is 9.59 Å². The second-order valence-corrected chi connectivity index (χ2v) is 6.67. The van der Waals surface area contributed by atoms with Gasteiger partial charge < -0.3 is 15.6 Å². The molecule has 0 aliphatic carbocycles. The SMILES string of the molecule is C#CCNC(=O)CNC(=O)c1ccc(CSc2nc3ccccc3[nH]2)cc1. The predicted octanol–water partition coefficient (Wildman–Crippen LogP) is 2.33. The zero-order chi connectivity index (χ0) is 19.1. The number of aromatic nitrogens is 2. The fourth-order valence-electron chi connectivity index (χ4n) is 2.38. The molecule has 0 saturated heterocycles. The molecule has 2 aromatic carbocycles. The Bertz CT molecular complexity index is 956. The van der Waals surface area contributed by atoms with Gasteiger partial charge in [0, 0.05) is 11.3 Å². The predicted molar refractivity (Wildman–Crippen MR) is 106 cm³/mol. The van der Waals surface area contributed by atoms with Gasteiger partial charge in [-0.1, -0.05) is 41.9 Å². The normalized spacial score (nSPS) is 10.3. The Labute approximate surface area is 161 Å². The Morgan fingerprint density at radius 3 is 2.63 bits per heavy atom. The van der Waals surface area contributed by atoms with E-state index in [4.69, 9.17) is 6.42 Å². The van der Waals surface area contributed by atoms with E-state index in [1.165, 1.54) is 0 Å². The number of nitrogens with zero attached hydrogens (tertiary/aromatic N) is 1. The molecule has 0 spiro atoms. The summed E-state index contributed by atoms with van der Waals surface area (Å²) in [5.41, 5.74) is 3.53. The molecule has 0 unspecified atom stereocenters. The number of terminal acetylenes is 1. The highest BCUT2D eigenvalue weighted by Gasteiger charge is 2.08. The highest BCUT2D eigenvalue weighted by molar-refractivity contribution is 7.98. The van der Waals surface area contributed by atoms with Crippen LogP contribution < -0.4 is 10.6 Å². The molecule has 2 amide bonds. The molecule has 3 rings (SSSR count). The molecular formula is C20H18N4O2S. The third-order valence-electron chi connectivity index (χ3n) is 3.76. The fraction of sp³-hybridized carbons (Fsp3) is 0.150. The van der Waals surface area contributed by atoms with Gasteiger partial charge in [-0.15, -0.1) is 6.42 Å². The summed E-state index contributed by atoms with van der Waals surface area (Å²) in [6.07, 6.45) is 5.06. The van der Waals surface area contributed by atoms with E-state index in [9.17, 15) is 9.59 Å². The van der Waals surface area contributed by atoms with Crippen molar-refractivity contribution in [1.82, 2.24) is 20.6 Å². The smallest absolute Gasteiger partial charge is 0.251 e. The van der Waals surface area contributed by atoms with Crippen LogP contribution in [0, 0.1) is 12.3 Å². The molecule has 0 aliphatic rings. The topological polar surface area (TPSA) is 86.9 Å². The maximum absolute atomic E-state index is 12.1. The summed E-state index contributed by atoms with van der Waals surface area (Å²) in [5, 5.41) is 5.91. The van der Waals surface area contributed by atoms with Gasteiger partial charge in [0.1, 0.15) is 0 Å². The first-order valence-corrected chi connectivity index (χ1v) is 9.29. The number of benzene rings is 2. The van der Waals surface area contributed by atoms with E-state index < -0.39 is 0 Å². The minimum Gasteiger partial charge on any atom is -0.344 e. The minimum absolute atomic E-state index is 0.107. The van der Waals surface area contributed by atoms with E-state index in [2.05, 4.69) is 26.5 Å². The molecule has 0 saturated carbocycles. The largest absolute Gasteiger partial charge is 0.344 e. The summed E-state index contributed by atoms with van der Waals surface area (Å²) in [4.78, 5) is 31.3. The first-order chi connectivity index (χ1) is 13.2. The van der Waals surface area contributed by atoms with Crippen molar-refractivity contribution >= 4 is 34.6 Å². The number of H-pyrrole nitrogens is 1. The minimum atomic E-state index is -0.319. The van der Waals surface area contributed by atoms with Gasteiger partial charge in [-0.25, -0.2) is 4.98 Å². The van der Waals surface area contributed by atoms with Gasteiger partial charge in [0.15, 0.2) is 5.16 Å². The van der Waals surface area contributed by atoms with Crippen LogP contribution in [0.1, 0.15) is 15.9 Å². The Morgan fingerprint density at radius 1 is 1.11 bits per heavy atom. The molecule has 1 aromatic heterocycles. The number of hydrogen-bond acceptors (Lipinski definition) is 4. The quantitative estimate of drug-likeness (QED) is 0.435. The van der Waals surface area contributed by atoms with E-state index in [-0.39, 0.29) is 24.9 Å². The number of imidazole rings is 1. The van der Waals surface area contributed by atoms with Gasteiger partial charge in [-0.3, -0.25) is 9.59 Å². The van der Waals surface area contributed by atoms with Gasteiger partial charge >= 0.3 is 0 Å². The maximum Gasteiger partial charge on any atom is 0.251 e. The second kappa shape index (κ2) is 8.92. The van der Waals surface area contributed by atoms with Gasteiger partial charge in [0.2, 0.25) is 5.91 Å². The summed E-state index contributed by atoms with van der Waals surface area (Å²) in [6.45, 7) is 0.0382. The number of rotatable bonds is 7. The number of nitrogens with one attached hydrogen (secondary N) is 3. The molecule has 3 N–H and O–H groups in total. The average Bonchev–Trinajstić information content (AvgIpc) is 3.12. The molecule has 0 bridgehead atoms.